The molecule has 0 unspecified atom stereocenters. The Morgan fingerprint density at radius 1 is 1.16 bits per heavy atom. The summed E-state index contributed by atoms with van der Waals surface area (Å²) in [7, 11) is 0. The molecule has 2 amide bonds. The zero-order valence-electron chi connectivity index (χ0n) is 17.9. The maximum atomic E-state index is 13.0. The molecule has 2 aromatic heterocycles. The number of H-pyrrole nitrogens is 1. The number of carbonyl (C=O) groups excluding carboxylic acids is 2. The SMILES string of the molecule is CC(C)(C)C(=O)N1CCC(C(=O)Nc2ccccc2-n2ncc3c(=O)[nH]cnc32)CC1. The molecule has 1 fully saturated rings. The molecule has 0 spiro atoms. The highest BCUT2D eigenvalue weighted by molar-refractivity contribution is 5.95. The van der Waals surface area contributed by atoms with Crippen LogP contribution in [-0.2, 0) is 9.59 Å². The lowest BCUT2D eigenvalue weighted by atomic mass is 9.90. The summed E-state index contributed by atoms with van der Waals surface area (Å²) in [4.78, 5) is 46.0. The van der Waals surface area contributed by atoms with Crippen LogP contribution in [0.5, 0.6) is 0 Å². The van der Waals surface area contributed by atoms with Gasteiger partial charge in [-0.25, -0.2) is 9.67 Å². The van der Waals surface area contributed by atoms with Crippen molar-refractivity contribution in [3.8, 4) is 5.69 Å². The second-order valence-electron chi connectivity index (χ2n) is 8.85. The number of aromatic nitrogens is 4. The minimum atomic E-state index is -0.420. The molecule has 162 valence electrons. The van der Waals surface area contributed by atoms with Gasteiger partial charge >= 0.3 is 0 Å². The molecule has 1 saturated heterocycles. The molecular weight excluding hydrogens is 396 g/mol. The minimum Gasteiger partial charge on any atom is -0.342 e. The zero-order valence-corrected chi connectivity index (χ0v) is 17.9. The number of carbonyl (C=O) groups is 2. The van der Waals surface area contributed by atoms with Gasteiger partial charge in [-0.15, -0.1) is 0 Å². The first-order valence-electron chi connectivity index (χ1n) is 10.4. The van der Waals surface area contributed by atoms with Crippen LogP contribution in [0.15, 0.2) is 41.6 Å². The van der Waals surface area contributed by atoms with E-state index >= 15 is 0 Å². The fourth-order valence-electron chi connectivity index (χ4n) is 3.85. The molecule has 0 atom stereocenters. The van der Waals surface area contributed by atoms with Crippen LogP contribution in [0, 0.1) is 11.3 Å². The van der Waals surface area contributed by atoms with Crippen molar-refractivity contribution in [1.82, 2.24) is 24.6 Å². The summed E-state index contributed by atoms with van der Waals surface area (Å²) >= 11 is 0. The number of fused-ring (bicyclic) bond motifs is 1. The fraction of sp³-hybridized carbons (Fsp3) is 0.409. The van der Waals surface area contributed by atoms with E-state index in [4.69, 9.17) is 0 Å². The number of piperidine rings is 1. The Bertz CT molecular complexity index is 1180. The van der Waals surface area contributed by atoms with Gasteiger partial charge in [0, 0.05) is 24.4 Å². The second-order valence-corrected chi connectivity index (χ2v) is 8.85. The van der Waals surface area contributed by atoms with Gasteiger partial charge in [0.1, 0.15) is 5.39 Å². The van der Waals surface area contributed by atoms with Gasteiger partial charge < -0.3 is 15.2 Å². The van der Waals surface area contributed by atoms with Crippen molar-refractivity contribution >= 4 is 28.5 Å². The summed E-state index contributed by atoms with van der Waals surface area (Å²) in [5, 5.41) is 7.68. The molecule has 1 aliphatic rings. The average molecular weight is 422 g/mol. The molecule has 3 heterocycles. The van der Waals surface area contributed by atoms with Crippen LogP contribution in [0.2, 0.25) is 0 Å². The first-order chi connectivity index (χ1) is 14.8. The Hall–Kier alpha value is -3.49. The zero-order chi connectivity index (χ0) is 22.2. The van der Waals surface area contributed by atoms with E-state index in [1.165, 1.54) is 12.5 Å². The Morgan fingerprint density at radius 2 is 1.87 bits per heavy atom. The molecule has 0 aliphatic carbocycles. The lowest BCUT2D eigenvalue weighted by Gasteiger charge is -2.35. The predicted octanol–water partition coefficient (Wildman–Crippen LogP) is 2.33. The molecule has 9 heteroatoms. The second kappa shape index (κ2) is 7.98. The van der Waals surface area contributed by atoms with E-state index in [1.54, 1.807) is 10.7 Å². The number of hydrogen-bond acceptors (Lipinski definition) is 5. The normalized spacial score (nSPS) is 15.3. The lowest BCUT2D eigenvalue weighted by Crippen LogP contribution is -2.45. The van der Waals surface area contributed by atoms with Crippen LogP contribution >= 0.6 is 0 Å². The largest absolute Gasteiger partial charge is 0.342 e. The third kappa shape index (κ3) is 4.08. The van der Waals surface area contributed by atoms with Gasteiger partial charge in [-0.2, -0.15) is 5.10 Å². The van der Waals surface area contributed by atoms with Crippen LogP contribution < -0.4 is 10.9 Å². The summed E-state index contributed by atoms with van der Waals surface area (Å²) in [5.74, 6) is -0.144. The number of benzene rings is 1. The van der Waals surface area contributed by atoms with Gasteiger partial charge in [-0.1, -0.05) is 32.9 Å². The summed E-state index contributed by atoms with van der Waals surface area (Å²) in [6.45, 7) is 6.88. The summed E-state index contributed by atoms with van der Waals surface area (Å²) in [6.07, 6.45) is 4.04. The van der Waals surface area contributed by atoms with Crippen molar-refractivity contribution in [3.63, 3.8) is 0 Å². The number of nitrogens with zero attached hydrogens (tertiary/aromatic N) is 4. The highest BCUT2D eigenvalue weighted by Gasteiger charge is 2.32. The summed E-state index contributed by atoms with van der Waals surface area (Å²) in [6, 6.07) is 7.28. The van der Waals surface area contributed by atoms with E-state index in [9.17, 15) is 14.4 Å². The molecule has 9 nitrogen and oxygen atoms in total. The third-order valence-electron chi connectivity index (χ3n) is 5.56. The quantitative estimate of drug-likeness (QED) is 0.673. The molecule has 0 radical (unpaired) electrons. The topological polar surface area (TPSA) is 113 Å². The van der Waals surface area contributed by atoms with Gasteiger partial charge in [0.05, 0.1) is 23.9 Å². The molecule has 1 aliphatic heterocycles. The number of rotatable bonds is 3. The number of amides is 2. The standard InChI is InChI=1S/C22H26N6O3/c1-22(2,3)21(31)27-10-8-14(9-11-27)19(29)26-16-6-4-5-7-17(16)28-18-15(12-25-28)20(30)24-13-23-18/h4-7,12-14H,8-11H2,1-3H3,(H,26,29)(H,23,24,30). The first-order valence-corrected chi connectivity index (χ1v) is 10.4. The van der Waals surface area contributed by atoms with E-state index in [1.807, 2.05) is 43.9 Å². The van der Waals surface area contributed by atoms with Gasteiger partial charge in [-0.05, 0) is 25.0 Å². The van der Waals surface area contributed by atoms with Crippen LogP contribution in [0.25, 0.3) is 16.7 Å². The van der Waals surface area contributed by atoms with Crippen molar-refractivity contribution in [3.05, 3.63) is 47.1 Å². The van der Waals surface area contributed by atoms with E-state index in [-0.39, 0.29) is 23.3 Å². The van der Waals surface area contributed by atoms with Gasteiger partial charge in [-0.3, -0.25) is 14.4 Å². The maximum Gasteiger partial charge on any atom is 0.261 e. The van der Waals surface area contributed by atoms with Crippen molar-refractivity contribution in [2.45, 2.75) is 33.6 Å². The number of hydrogen-bond donors (Lipinski definition) is 2. The van der Waals surface area contributed by atoms with Crippen molar-refractivity contribution in [2.75, 3.05) is 18.4 Å². The Labute approximate surface area is 179 Å². The van der Waals surface area contributed by atoms with Gasteiger partial charge in [0.15, 0.2) is 5.65 Å². The average Bonchev–Trinajstić information content (AvgIpc) is 3.18. The maximum absolute atomic E-state index is 13.0. The Kier molecular flexibility index (Phi) is 5.34. The first kappa shape index (κ1) is 20.8. The van der Waals surface area contributed by atoms with Crippen LogP contribution in [-0.4, -0.2) is 49.6 Å². The molecule has 0 saturated carbocycles. The Balaban J connectivity index is 1.51. The fourth-order valence-corrected chi connectivity index (χ4v) is 3.85. The third-order valence-corrected chi connectivity index (χ3v) is 5.56. The van der Waals surface area contributed by atoms with Crippen molar-refractivity contribution in [1.29, 1.82) is 0 Å². The molecule has 0 bridgehead atoms. The minimum absolute atomic E-state index is 0.0856. The molecule has 2 N–H and O–H groups in total. The van der Waals surface area contributed by atoms with E-state index < -0.39 is 5.41 Å². The number of para-hydroxylation sites is 2. The van der Waals surface area contributed by atoms with E-state index in [0.717, 1.165) is 0 Å². The Morgan fingerprint density at radius 3 is 2.58 bits per heavy atom. The molecule has 4 rings (SSSR count). The molecule has 31 heavy (non-hydrogen) atoms. The lowest BCUT2D eigenvalue weighted by molar-refractivity contribution is -0.142. The number of likely N-dealkylation sites (tertiary alicyclic amines) is 1. The summed E-state index contributed by atoms with van der Waals surface area (Å²) in [5.41, 5.74) is 0.946. The number of aromatic amines is 1. The van der Waals surface area contributed by atoms with E-state index in [0.29, 0.717) is 48.3 Å². The number of anilines is 1. The molecular formula is C22H26N6O3. The smallest absolute Gasteiger partial charge is 0.261 e. The molecule has 1 aromatic carbocycles. The van der Waals surface area contributed by atoms with Crippen molar-refractivity contribution < 1.29 is 9.59 Å². The summed E-state index contributed by atoms with van der Waals surface area (Å²) < 4.78 is 1.55. The van der Waals surface area contributed by atoms with Gasteiger partial charge in [0.2, 0.25) is 11.8 Å². The van der Waals surface area contributed by atoms with Crippen LogP contribution in [0.1, 0.15) is 33.6 Å². The number of nitrogens with one attached hydrogen (secondary N) is 2. The van der Waals surface area contributed by atoms with Crippen LogP contribution in [0.4, 0.5) is 5.69 Å². The van der Waals surface area contributed by atoms with Crippen LogP contribution in [0.3, 0.4) is 0 Å². The highest BCUT2D eigenvalue weighted by atomic mass is 16.2. The molecule has 3 aromatic rings. The monoisotopic (exact) mass is 422 g/mol. The highest BCUT2D eigenvalue weighted by Crippen LogP contribution is 2.26. The predicted molar refractivity (Wildman–Crippen MR) is 117 cm³/mol. The van der Waals surface area contributed by atoms with E-state index in [2.05, 4.69) is 20.4 Å². The van der Waals surface area contributed by atoms with Crippen molar-refractivity contribution in [2.24, 2.45) is 11.3 Å². The van der Waals surface area contributed by atoms with Gasteiger partial charge in [0.25, 0.3) is 5.56 Å².